The maximum Gasteiger partial charge on any atom is 0.168 e. The van der Waals surface area contributed by atoms with Crippen molar-refractivity contribution in [2.24, 2.45) is 0 Å². The summed E-state index contributed by atoms with van der Waals surface area (Å²) < 4.78 is 27.6. The standard InChI is InChI=1S/C17H20F2N2O2/c1-21(2)7-6-20-10-12-15(22)8-11(9-16(12)23)17-13(18)4-3-5-14(17)19/h3-5,10-11,20H,6-9H2,1-2H3. The van der Waals surface area contributed by atoms with Crippen molar-refractivity contribution in [1.29, 1.82) is 0 Å². The van der Waals surface area contributed by atoms with Gasteiger partial charge in [0, 0.05) is 43.6 Å². The molecule has 0 bridgehead atoms. The number of carbonyl (C=O) groups excluding carboxylic acids is 2. The summed E-state index contributed by atoms with van der Waals surface area (Å²) >= 11 is 0. The Morgan fingerprint density at radius 2 is 1.74 bits per heavy atom. The van der Waals surface area contributed by atoms with Gasteiger partial charge in [-0.15, -0.1) is 0 Å². The first kappa shape index (κ1) is 17.3. The van der Waals surface area contributed by atoms with Gasteiger partial charge in [-0.1, -0.05) is 6.07 Å². The Morgan fingerprint density at radius 3 is 2.26 bits per heavy atom. The molecule has 23 heavy (non-hydrogen) atoms. The first-order valence-corrected chi connectivity index (χ1v) is 7.48. The Hall–Kier alpha value is -2.08. The van der Waals surface area contributed by atoms with Gasteiger partial charge in [0.25, 0.3) is 0 Å². The molecule has 1 aliphatic carbocycles. The quantitative estimate of drug-likeness (QED) is 0.512. The number of nitrogens with one attached hydrogen (secondary N) is 1. The number of benzene rings is 1. The van der Waals surface area contributed by atoms with Crippen molar-refractivity contribution < 1.29 is 18.4 Å². The van der Waals surface area contributed by atoms with E-state index in [0.29, 0.717) is 6.54 Å². The molecule has 1 aromatic rings. The average Bonchev–Trinajstić information content (AvgIpc) is 2.45. The smallest absolute Gasteiger partial charge is 0.168 e. The first-order valence-electron chi connectivity index (χ1n) is 7.48. The lowest BCUT2D eigenvalue weighted by molar-refractivity contribution is -0.124. The van der Waals surface area contributed by atoms with Crippen LogP contribution in [0.3, 0.4) is 0 Å². The third kappa shape index (κ3) is 4.22. The second-order valence-electron chi connectivity index (χ2n) is 5.90. The summed E-state index contributed by atoms with van der Waals surface area (Å²) in [5.41, 5.74) is -0.0921. The van der Waals surface area contributed by atoms with Gasteiger partial charge in [-0.3, -0.25) is 9.59 Å². The minimum absolute atomic E-state index is 0.0647. The average molecular weight is 322 g/mol. The molecule has 1 aromatic carbocycles. The van der Waals surface area contributed by atoms with E-state index in [0.717, 1.165) is 18.7 Å². The van der Waals surface area contributed by atoms with Crippen molar-refractivity contribution in [2.45, 2.75) is 18.8 Å². The molecule has 0 radical (unpaired) electrons. The Labute approximate surface area is 134 Å². The summed E-state index contributed by atoms with van der Waals surface area (Å²) in [7, 11) is 3.83. The lowest BCUT2D eigenvalue weighted by Gasteiger charge is -2.23. The van der Waals surface area contributed by atoms with Crippen molar-refractivity contribution in [1.82, 2.24) is 10.2 Å². The Morgan fingerprint density at radius 1 is 1.17 bits per heavy atom. The number of hydrogen-bond donors (Lipinski definition) is 1. The van der Waals surface area contributed by atoms with Crippen LogP contribution in [-0.4, -0.2) is 43.7 Å². The molecule has 1 aliphatic rings. The molecular weight excluding hydrogens is 302 g/mol. The van der Waals surface area contributed by atoms with E-state index in [1.54, 1.807) is 0 Å². The fourth-order valence-corrected chi connectivity index (χ4v) is 2.62. The van der Waals surface area contributed by atoms with Gasteiger partial charge in [-0.25, -0.2) is 8.78 Å². The monoisotopic (exact) mass is 322 g/mol. The Kier molecular flexibility index (Phi) is 5.60. The van der Waals surface area contributed by atoms with Crippen LogP contribution in [0.15, 0.2) is 30.0 Å². The summed E-state index contributed by atoms with van der Waals surface area (Å²) in [6.45, 7) is 1.36. The summed E-state index contributed by atoms with van der Waals surface area (Å²) in [6, 6.07) is 3.55. The topological polar surface area (TPSA) is 49.4 Å². The zero-order chi connectivity index (χ0) is 17.0. The largest absolute Gasteiger partial charge is 0.389 e. The maximum absolute atomic E-state index is 13.8. The summed E-state index contributed by atoms with van der Waals surface area (Å²) in [4.78, 5) is 26.3. The van der Waals surface area contributed by atoms with Crippen LogP contribution in [0.25, 0.3) is 0 Å². The molecule has 1 N–H and O–H groups in total. The molecule has 2 rings (SSSR count). The van der Waals surface area contributed by atoms with Crippen LogP contribution in [0, 0.1) is 11.6 Å². The van der Waals surface area contributed by atoms with Crippen LogP contribution >= 0.6 is 0 Å². The van der Waals surface area contributed by atoms with Gasteiger partial charge < -0.3 is 10.2 Å². The van der Waals surface area contributed by atoms with Crippen molar-refractivity contribution in [2.75, 3.05) is 27.2 Å². The molecular formula is C17H20F2N2O2. The highest BCUT2D eigenvalue weighted by Crippen LogP contribution is 2.34. The molecule has 0 unspecified atom stereocenters. The summed E-state index contributed by atoms with van der Waals surface area (Å²) in [6.07, 6.45) is 1.29. The Balaban J connectivity index is 2.09. The minimum atomic E-state index is -0.741. The van der Waals surface area contributed by atoms with Crippen LogP contribution in [0.4, 0.5) is 8.78 Å². The van der Waals surface area contributed by atoms with Crippen molar-refractivity contribution >= 4 is 11.6 Å². The number of halogens is 2. The number of hydrogen-bond acceptors (Lipinski definition) is 4. The molecule has 0 spiro atoms. The number of carbonyl (C=O) groups is 2. The van der Waals surface area contributed by atoms with Gasteiger partial charge >= 0.3 is 0 Å². The summed E-state index contributed by atoms with van der Waals surface area (Å²) in [5.74, 6) is -2.94. The lowest BCUT2D eigenvalue weighted by atomic mass is 9.80. The fourth-order valence-electron chi connectivity index (χ4n) is 2.62. The van der Waals surface area contributed by atoms with Crippen LogP contribution in [0.1, 0.15) is 24.3 Å². The van der Waals surface area contributed by atoms with Crippen LogP contribution in [-0.2, 0) is 9.59 Å². The maximum atomic E-state index is 13.8. The van der Waals surface area contributed by atoms with Crippen molar-refractivity contribution in [3.63, 3.8) is 0 Å². The number of rotatable bonds is 5. The number of allylic oxidation sites excluding steroid dienone is 1. The summed E-state index contributed by atoms with van der Waals surface area (Å²) in [5, 5.41) is 2.93. The van der Waals surface area contributed by atoms with E-state index >= 15 is 0 Å². The van der Waals surface area contributed by atoms with E-state index in [1.807, 2.05) is 19.0 Å². The van der Waals surface area contributed by atoms with Crippen molar-refractivity contribution in [3.8, 4) is 0 Å². The number of Topliss-reactive ketones (excluding diaryl/α,β-unsaturated/α-hetero) is 2. The molecule has 1 saturated carbocycles. The normalized spacial score (nSPS) is 18.5. The van der Waals surface area contributed by atoms with E-state index in [9.17, 15) is 18.4 Å². The third-order valence-electron chi connectivity index (χ3n) is 3.82. The highest BCUT2D eigenvalue weighted by molar-refractivity contribution is 6.22. The van der Waals surface area contributed by atoms with E-state index in [4.69, 9.17) is 0 Å². The lowest BCUT2D eigenvalue weighted by Crippen LogP contribution is -2.29. The second-order valence-corrected chi connectivity index (χ2v) is 5.90. The SMILES string of the molecule is CN(C)CCNC=C1C(=O)CC(c2c(F)cccc2F)CC1=O. The van der Waals surface area contributed by atoms with Gasteiger partial charge in [0.15, 0.2) is 11.6 Å². The predicted molar refractivity (Wildman–Crippen MR) is 83.0 cm³/mol. The molecule has 1 fully saturated rings. The molecule has 0 heterocycles. The van der Waals surface area contributed by atoms with E-state index in [1.165, 1.54) is 12.3 Å². The van der Waals surface area contributed by atoms with Crippen LogP contribution in [0.5, 0.6) is 0 Å². The zero-order valence-corrected chi connectivity index (χ0v) is 13.2. The second kappa shape index (κ2) is 7.46. The number of ketones is 2. The van der Waals surface area contributed by atoms with E-state index in [-0.39, 0.29) is 35.5 Å². The molecule has 0 atom stereocenters. The zero-order valence-electron chi connectivity index (χ0n) is 13.2. The minimum Gasteiger partial charge on any atom is -0.389 e. The van der Waals surface area contributed by atoms with Gasteiger partial charge in [-0.2, -0.15) is 0 Å². The first-order chi connectivity index (χ1) is 10.9. The van der Waals surface area contributed by atoms with Crippen LogP contribution in [0.2, 0.25) is 0 Å². The fraction of sp³-hybridized carbons (Fsp3) is 0.412. The van der Waals surface area contributed by atoms with Gasteiger partial charge in [-0.05, 0) is 26.2 Å². The Bertz CT molecular complexity index is 601. The van der Waals surface area contributed by atoms with E-state index in [2.05, 4.69) is 5.32 Å². The molecule has 4 nitrogen and oxygen atoms in total. The highest BCUT2D eigenvalue weighted by atomic mass is 19.1. The molecule has 0 aliphatic heterocycles. The third-order valence-corrected chi connectivity index (χ3v) is 3.82. The number of nitrogens with zero attached hydrogens (tertiary/aromatic N) is 1. The number of likely N-dealkylation sites (N-methyl/N-ethyl adjacent to an activating group) is 1. The molecule has 0 saturated heterocycles. The molecule has 6 heteroatoms. The van der Waals surface area contributed by atoms with Crippen LogP contribution < -0.4 is 5.32 Å². The van der Waals surface area contributed by atoms with Gasteiger partial charge in [0.05, 0.1) is 5.57 Å². The van der Waals surface area contributed by atoms with Gasteiger partial charge in [0.2, 0.25) is 0 Å². The van der Waals surface area contributed by atoms with E-state index < -0.39 is 17.6 Å². The van der Waals surface area contributed by atoms with Crippen molar-refractivity contribution in [3.05, 3.63) is 47.2 Å². The molecule has 124 valence electrons. The molecule has 0 aromatic heterocycles. The highest BCUT2D eigenvalue weighted by Gasteiger charge is 2.34. The predicted octanol–water partition coefficient (Wildman–Crippen LogP) is 2.02. The molecule has 0 amide bonds. The van der Waals surface area contributed by atoms with Gasteiger partial charge in [0.1, 0.15) is 11.6 Å².